The van der Waals surface area contributed by atoms with Crippen LogP contribution in [0.3, 0.4) is 0 Å². The predicted molar refractivity (Wildman–Crippen MR) is 71.9 cm³/mol. The SMILES string of the molecule is COC(=O)/C=C(/Nc1ccc(Cl)cc1C#N)C(=O)OC. The molecule has 1 rings (SSSR count). The van der Waals surface area contributed by atoms with E-state index in [-0.39, 0.29) is 11.3 Å². The first-order valence-electron chi connectivity index (χ1n) is 5.36. The number of nitriles is 1. The van der Waals surface area contributed by atoms with Gasteiger partial charge in [0.05, 0.1) is 31.5 Å². The zero-order valence-electron chi connectivity index (χ0n) is 10.8. The molecule has 6 nitrogen and oxygen atoms in total. The number of benzene rings is 1. The number of methoxy groups -OCH3 is 2. The summed E-state index contributed by atoms with van der Waals surface area (Å²) in [7, 11) is 2.35. The second kappa shape index (κ2) is 7.16. The van der Waals surface area contributed by atoms with Gasteiger partial charge in [-0.05, 0) is 18.2 Å². The van der Waals surface area contributed by atoms with Gasteiger partial charge in [0.2, 0.25) is 0 Å². The van der Waals surface area contributed by atoms with Crippen molar-refractivity contribution >= 4 is 29.2 Å². The molecular formula is C13H11ClN2O4. The number of rotatable bonds is 4. The fraction of sp³-hybridized carbons (Fsp3) is 0.154. The summed E-state index contributed by atoms with van der Waals surface area (Å²) in [5.74, 6) is -1.50. The van der Waals surface area contributed by atoms with Crippen molar-refractivity contribution in [2.75, 3.05) is 19.5 Å². The molecule has 0 heterocycles. The predicted octanol–water partition coefficient (Wildman–Crippen LogP) is 1.85. The van der Waals surface area contributed by atoms with Crippen LogP contribution in [0.15, 0.2) is 30.0 Å². The summed E-state index contributed by atoms with van der Waals surface area (Å²) in [4.78, 5) is 22.8. The molecule has 0 saturated heterocycles. The summed E-state index contributed by atoms with van der Waals surface area (Å²) in [6, 6.07) is 6.40. The third-order valence-electron chi connectivity index (χ3n) is 2.24. The zero-order valence-corrected chi connectivity index (χ0v) is 11.5. The maximum Gasteiger partial charge on any atom is 0.354 e. The van der Waals surface area contributed by atoms with Crippen LogP contribution in [0.1, 0.15) is 5.56 Å². The number of carbonyl (C=O) groups excluding carboxylic acids is 2. The summed E-state index contributed by atoms with van der Waals surface area (Å²) in [5, 5.41) is 12.0. The first-order chi connectivity index (χ1) is 9.51. The van der Waals surface area contributed by atoms with E-state index in [0.717, 1.165) is 6.08 Å². The van der Waals surface area contributed by atoms with Crippen molar-refractivity contribution in [3.8, 4) is 6.07 Å². The van der Waals surface area contributed by atoms with Crippen LogP contribution < -0.4 is 5.32 Å². The van der Waals surface area contributed by atoms with Gasteiger partial charge in [-0.1, -0.05) is 11.6 Å². The van der Waals surface area contributed by atoms with Crippen molar-refractivity contribution in [3.05, 3.63) is 40.6 Å². The lowest BCUT2D eigenvalue weighted by molar-refractivity contribution is -0.138. The van der Waals surface area contributed by atoms with Crippen molar-refractivity contribution in [2.45, 2.75) is 0 Å². The molecule has 104 valence electrons. The van der Waals surface area contributed by atoms with Crippen LogP contribution in [0, 0.1) is 11.3 Å². The highest BCUT2D eigenvalue weighted by atomic mass is 35.5. The number of ether oxygens (including phenoxy) is 2. The molecule has 0 fully saturated rings. The molecule has 0 saturated carbocycles. The van der Waals surface area contributed by atoms with Gasteiger partial charge >= 0.3 is 11.9 Å². The van der Waals surface area contributed by atoms with E-state index in [2.05, 4.69) is 14.8 Å². The van der Waals surface area contributed by atoms with Crippen LogP contribution in [0.25, 0.3) is 0 Å². The van der Waals surface area contributed by atoms with Crippen molar-refractivity contribution in [1.29, 1.82) is 5.26 Å². The van der Waals surface area contributed by atoms with Crippen molar-refractivity contribution in [3.63, 3.8) is 0 Å². The summed E-state index contributed by atoms with van der Waals surface area (Å²) < 4.78 is 8.98. The largest absolute Gasteiger partial charge is 0.466 e. The smallest absolute Gasteiger partial charge is 0.354 e. The van der Waals surface area contributed by atoms with E-state index in [1.165, 1.54) is 32.4 Å². The fourth-order valence-corrected chi connectivity index (χ4v) is 1.47. The highest BCUT2D eigenvalue weighted by Crippen LogP contribution is 2.21. The van der Waals surface area contributed by atoms with E-state index < -0.39 is 11.9 Å². The molecule has 0 spiro atoms. The topological polar surface area (TPSA) is 88.4 Å². The van der Waals surface area contributed by atoms with Gasteiger partial charge in [-0.3, -0.25) is 0 Å². The van der Waals surface area contributed by atoms with Crippen LogP contribution in [0.2, 0.25) is 5.02 Å². The Balaban J connectivity index is 3.14. The van der Waals surface area contributed by atoms with Crippen LogP contribution in [0.5, 0.6) is 0 Å². The monoisotopic (exact) mass is 294 g/mol. The maximum absolute atomic E-state index is 11.6. The van der Waals surface area contributed by atoms with Gasteiger partial charge in [-0.15, -0.1) is 0 Å². The van der Waals surface area contributed by atoms with Crippen LogP contribution >= 0.6 is 11.6 Å². The molecular weight excluding hydrogens is 284 g/mol. The number of nitrogens with zero attached hydrogens (tertiary/aromatic N) is 1. The van der Waals surface area contributed by atoms with Gasteiger partial charge in [0.15, 0.2) is 0 Å². The molecule has 20 heavy (non-hydrogen) atoms. The van der Waals surface area contributed by atoms with Crippen LogP contribution in [-0.2, 0) is 19.1 Å². The molecule has 0 aromatic heterocycles. The van der Waals surface area contributed by atoms with Crippen molar-refractivity contribution in [1.82, 2.24) is 0 Å². The van der Waals surface area contributed by atoms with Gasteiger partial charge < -0.3 is 14.8 Å². The number of hydrogen-bond acceptors (Lipinski definition) is 6. The van der Waals surface area contributed by atoms with Gasteiger partial charge in [0.1, 0.15) is 11.8 Å². The maximum atomic E-state index is 11.6. The lowest BCUT2D eigenvalue weighted by Crippen LogP contribution is -2.16. The van der Waals surface area contributed by atoms with Gasteiger partial charge in [-0.2, -0.15) is 5.26 Å². The van der Waals surface area contributed by atoms with Gasteiger partial charge in [-0.25, -0.2) is 9.59 Å². The third-order valence-corrected chi connectivity index (χ3v) is 2.48. The number of hydrogen-bond donors (Lipinski definition) is 1. The molecule has 0 bridgehead atoms. The summed E-state index contributed by atoms with van der Waals surface area (Å²) >= 11 is 5.77. The molecule has 0 atom stereocenters. The molecule has 1 N–H and O–H groups in total. The normalized spacial score (nSPS) is 10.4. The van der Waals surface area contributed by atoms with E-state index in [9.17, 15) is 9.59 Å². The number of anilines is 1. The first-order valence-corrected chi connectivity index (χ1v) is 5.74. The summed E-state index contributed by atoms with van der Waals surface area (Å²) in [6.07, 6.45) is 0.932. The first kappa shape index (κ1) is 15.5. The third kappa shape index (κ3) is 4.00. The molecule has 7 heteroatoms. The summed E-state index contributed by atoms with van der Waals surface area (Å²) in [5.41, 5.74) is 0.382. The van der Waals surface area contributed by atoms with E-state index in [1.807, 2.05) is 6.07 Å². The number of halogens is 1. The minimum absolute atomic E-state index is 0.154. The Hall–Kier alpha value is -2.52. The van der Waals surface area contributed by atoms with Gasteiger partial charge in [0.25, 0.3) is 0 Å². The second-order valence-electron chi connectivity index (χ2n) is 3.50. The van der Waals surface area contributed by atoms with E-state index in [1.54, 1.807) is 0 Å². The average molecular weight is 295 g/mol. The number of nitrogens with one attached hydrogen (secondary N) is 1. The highest BCUT2D eigenvalue weighted by molar-refractivity contribution is 6.30. The molecule has 0 radical (unpaired) electrons. The molecule has 0 aliphatic carbocycles. The van der Waals surface area contributed by atoms with Crippen LogP contribution in [-0.4, -0.2) is 26.2 Å². The zero-order chi connectivity index (χ0) is 15.1. The van der Waals surface area contributed by atoms with E-state index in [0.29, 0.717) is 10.7 Å². The molecule has 0 aliphatic rings. The second-order valence-corrected chi connectivity index (χ2v) is 3.94. The Bertz CT molecular complexity index is 605. The molecule has 1 aromatic carbocycles. The van der Waals surface area contributed by atoms with E-state index in [4.69, 9.17) is 16.9 Å². The lowest BCUT2D eigenvalue weighted by atomic mass is 10.2. The van der Waals surface area contributed by atoms with Crippen molar-refractivity contribution in [2.24, 2.45) is 0 Å². The lowest BCUT2D eigenvalue weighted by Gasteiger charge is -2.10. The quantitative estimate of drug-likeness (QED) is 0.673. The Labute approximate surface area is 120 Å². The molecule has 0 aliphatic heterocycles. The molecule has 0 unspecified atom stereocenters. The fourth-order valence-electron chi connectivity index (χ4n) is 1.30. The Kier molecular flexibility index (Phi) is 5.56. The van der Waals surface area contributed by atoms with E-state index >= 15 is 0 Å². The Morgan fingerprint density at radius 2 is 2.05 bits per heavy atom. The molecule has 0 amide bonds. The average Bonchev–Trinajstić information content (AvgIpc) is 2.46. The number of esters is 2. The Morgan fingerprint density at radius 1 is 1.35 bits per heavy atom. The molecule has 1 aromatic rings. The van der Waals surface area contributed by atoms with Gasteiger partial charge in [0, 0.05) is 5.02 Å². The highest BCUT2D eigenvalue weighted by Gasteiger charge is 2.14. The summed E-state index contributed by atoms with van der Waals surface area (Å²) in [6.45, 7) is 0. The minimum atomic E-state index is -0.769. The van der Waals surface area contributed by atoms with Crippen LogP contribution in [0.4, 0.5) is 5.69 Å². The minimum Gasteiger partial charge on any atom is -0.466 e. The number of carbonyl (C=O) groups is 2. The standard InChI is InChI=1S/C13H11ClN2O4/c1-19-12(17)6-11(13(18)20-2)16-10-4-3-9(14)5-8(10)7-15/h3-6,16H,1-2H3/b11-6+. The van der Waals surface area contributed by atoms with Crippen molar-refractivity contribution < 1.29 is 19.1 Å². The Morgan fingerprint density at radius 3 is 2.60 bits per heavy atom.